The third kappa shape index (κ3) is 3.78. The average Bonchev–Trinajstić information content (AvgIpc) is 2.90. The van der Waals surface area contributed by atoms with Gasteiger partial charge < -0.3 is 10.1 Å². The molecule has 0 radical (unpaired) electrons. The van der Waals surface area contributed by atoms with Gasteiger partial charge in [-0.3, -0.25) is 9.69 Å². The first kappa shape index (κ1) is 18.1. The highest BCUT2D eigenvalue weighted by Crippen LogP contribution is 2.25. The van der Waals surface area contributed by atoms with E-state index in [1.165, 1.54) is 10.5 Å². The van der Waals surface area contributed by atoms with Crippen molar-refractivity contribution in [1.29, 1.82) is 0 Å². The van der Waals surface area contributed by atoms with Crippen LogP contribution >= 0.6 is 12.2 Å². The molecular weight excluding hydrogens is 344 g/mol. The average molecular weight is 366 g/mol. The SMILES string of the molecule is CCOc1ccc(N2C(=O)/C(=C/c3ccc(C(C)C)cc3)NC2=S)cc1. The molecule has 0 aromatic heterocycles. The van der Waals surface area contributed by atoms with Gasteiger partial charge in [0.25, 0.3) is 5.91 Å². The monoisotopic (exact) mass is 366 g/mol. The summed E-state index contributed by atoms with van der Waals surface area (Å²) in [4.78, 5) is 14.3. The van der Waals surface area contributed by atoms with Crippen molar-refractivity contribution in [3.63, 3.8) is 0 Å². The minimum Gasteiger partial charge on any atom is -0.494 e. The highest BCUT2D eigenvalue weighted by atomic mass is 32.1. The molecule has 134 valence electrons. The summed E-state index contributed by atoms with van der Waals surface area (Å²) in [5.41, 5.74) is 3.42. The number of anilines is 1. The van der Waals surface area contributed by atoms with E-state index in [1.54, 1.807) is 0 Å². The number of nitrogens with zero attached hydrogens (tertiary/aromatic N) is 1. The molecule has 2 aromatic rings. The van der Waals surface area contributed by atoms with Gasteiger partial charge in [0.15, 0.2) is 5.11 Å². The smallest absolute Gasteiger partial charge is 0.281 e. The Hall–Kier alpha value is -2.66. The number of ether oxygens (including phenoxy) is 1. The van der Waals surface area contributed by atoms with Crippen LogP contribution in [0.2, 0.25) is 0 Å². The van der Waals surface area contributed by atoms with Crippen molar-refractivity contribution in [1.82, 2.24) is 5.32 Å². The molecule has 1 fully saturated rings. The molecule has 5 heteroatoms. The molecule has 1 aliphatic heterocycles. The van der Waals surface area contributed by atoms with E-state index in [0.29, 0.717) is 23.3 Å². The van der Waals surface area contributed by atoms with Gasteiger partial charge in [0.1, 0.15) is 11.4 Å². The van der Waals surface area contributed by atoms with Gasteiger partial charge in [-0.1, -0.05) is 38.1 Å². The Morgan fingerprint density at radius 3 is 2.35 bits per heavy atom. The Morgan fingerprint density at radius 2 is 1.77 bits per heavy atom. The van der Waals surface area contributed by atoms with Crippen LogP contribution in [0.25, 0.3) is 6.08 Å². The van der Waals surface area contributed by atoms with Gasteiger partial charge in [-0.15, -0.1) is 0 Å². The Labute approximate surface area is 159 Å². The van der Waals surface area contributed by atoms with Gasteiger partial charge in [-0.05, 0) is 66.5 Å². The fraction of sp³-hybridized carbons (Fsp3) is 0.238. The van der Waals surface area contributed by atoms with Gasteiger partial charge in [0.05, 0.1) is 12.3 Å². The zero-order chi connectivity index (χ0) is 18.7. The van der Waals surface area contributed by atoms with Crippen molar-refractivity contribution in [2.75, 3.05) is 11.5 Å². The summed E-state index contributed by atoms with van der Waals surface area (Å²) in [7, 11) is 0. The van der Waals surface area contributed by atoms with E-state index in [9.17, 15) is 4.79 Å². The molecule has 1 saturated heterocycles. The molecule has 26 heavy (non-hydrogen) atoms. The maximum Gasteiger partial charge on any atom is 0.281 e. The maximum atomic E-state index is 12.8. The van der Waals surface area contributed by atoms with Crippen molar-refractivity contribution in [2.45, 2.75) is 26.7 Å². The minimum atomic E-state index is -0.160. The molecule has 1 amide bonds. The van der Waals surface area contributed by atoms with Crippen LogP contribution in [-0.4, -0.2) is 17.6 Å². The highest BCUT2D eigenvalue weighted by Gasteiger charge is 2.31. The molecule has 3 rings (SSSR count). The Balaban J connectivity index is 1.81. The highest BCUT2D eigenvalue weighted by molar-refractivity contribution is 7.80. The zero-order valence-electron chi connectivity index (χ0n) is 15.2. The summed E-state index contributed by atoms with van der Waals surface area (Å²) >= 11 is 5.35. The maximum absolute atomic E-state index is 12.8. The minimum absolute atomic E-state index is 0.160. The number of hydrogen-bond donors (Lipinski definition) is 1. The quantitative estimate of drug-likeness (QED) is 0.626. The van der Waals surface area contributed by atoms with Crippen LogP contribution in [0.5, 0.6) is 5.75 Å². The van der Waals surface area contributed by atoms with E-state index in [0.717, 1.165) is 17.0 Å². The number of carbonyl (C=O) groups is 1. The molecule has 0 unspecified atom stereocenters. The molecule has 0 aliphatic carbocycles. The van der Waals surface area contributed by atoms with Crippen LogP contribution in [0, 0.1) is 0 Å². The Morgan fingerprint density at radius 1 is 1.12 bits per heavy atom. The lowest BCUT2D eigenvalue weighted by atomic mass is 10.0. The van der Waals surface area contributed by atoms with E-state index < -0.39 is 0 Å². The number of hydrogen-bond acceptors (Lipinski definition) is 3. The lowest BCUT2D eigenvalue weighted by Crippen LogP contribution is -2.30. The number of amides is 1. The molecule has 2 aromatic carbocycles. The summed E-state index contributed by atoms with van der Waals surface area (Å²) < 4.78 is 5.44. The third-order valence-electron chi connectivity index (χ3n) is 4.20. The van der Waals surface area contributed by atoms with Crippen LogP contribution in [0.4, 0.5) is 5.69 Å². The Bertz CT molecular complexity index is 839. The van der Waals surface area contributed by atoms with E-state index in [1.807, 2.05) is 49.4 Å². The lowest BCUT2D eigenvalue weighted by Gasteiger charge is -2.14. The zero-order valence-corrected chi connectivity index (χ0v) is 16.0. The van der Waals surface area contributed by atoms with Crippen molar-refractivity contribution < 1.29 is 9.53 Å². The predicted octanol–water partition coefficient (Wildman–Crippen LogP) is 4.47. The fourth-order valence-electron chi connectivity index (χ4n) is 2.77. The van der Waals surface area contributed by atoms with Crippen LogP contribution in [-0.2, 0) is 4.79 Å². The summed E-state index contributed by atoms with van der Waals surface area (Å²) in [6.45, 7) is 6.84. The second kappa shape index (κ2) is 7.70. The first-order valence-corrected chi connectivity index (χ1v) is 9.10. The molecule has 0 spiro atoms. The van der Waals surface area contributed by atoms with Gasteiger partial charge in [-0.25, -0.2) is 0 Å². The molecule has 4 nitrogen and oxygen atoms in total. The van der Waals surface area contributed by atoms with E-state index in [4.69, 9.17) is 17.0 Å². The molecule has 1 aliphatic rings. The van der Waals surface area contributed by atoms with Gasteiger partial charge in [-0.2, -0.15) is 0 Å². The van der Waals surface area contributed by atoms with Gasteiger partial charge in [0.2, 0.25) is 0 Å². The number of benzene rings is 2. The molecule has 1 N–H and O–H groups in total. The summed E-state index contributed by atoms with van der Waals surface area (Å²) in [5.74, 6) is 1.08. The number of thiocarbonyl (C=S) groups is 1. The topological polar surface area (TPSA) is 41.6 Å². The molecular formula is C21H22N2O2S. The van der Waals surface area contributed by atoms with Gasteiger partial charge >= 0.3 is 0 Å². The Kier molecular flexibility index (Phi) is 5.38. The lowest BCUT2D eigenvalue weighted by molar-refractivity contribution is -0.113. The second-order valence-electron chi connectivity index (χ2n) is 6.38. The van der Waals surface area contributed by atoms with Crippen molar-refractivity contribution >= 4 is 35.0 Å². The van der Waals surface area contributed by atoms with Crippen molar-refractivity contribution in [2.24, 2.45) is 0 Å². The number of carbonyl (C=O) groups excluding carboxylic acids is 1. The normalized spacial score (nSPS) is 15.7. The van der Waals surface area contributed by atoms with E-state index >= 15 is 0 Å². The van der Waals surface area contributed by atoms with Crippen LogP contribution in [0.1, 0.15) is 37.8 Å². The molecule has 0 atom stereocenters. The summed E-state index contributed by atoms with van der Waals surface area (Å²) in [6.07, 6.45) is 1.83. The van der Waals surface area contributed by atoms with Crippen molar-refractivity contribution in [3.05, 3.63) is 65.4 Å². The number of rotatable bonds is 5. The van der Waals surface area contributed by atoms with E-state index in [2.05, 4.69) is 31.3 Å². The molecule has 1 heterocycles. The molecule has 0 bridgehead atoms. The largest absolute Gasteiger partial charge is 0.494 e. The summed E-state index contributed by atoms with van der Waals surface area (Å²) in [5, 5.41) is 3.39. The van der Waals surface area contributed by atoms with Crippen LogP contribution in [0.3, 0.4) is 0 Å². The van der Waals surface area contributed by atoms with Crippen LogP contribution in [0.15, 0.2) is 54.2 Å². The van der Waals surface area contributed by atoms with E-state index in [-0.39, 0.29) is 5.91 Å². The third-order valence-corrected chi connectivity index (χ3v) is 4.48. The summed E-state index contributed by atoms with van der Waals surface area (Å²) in [6, 6.07) is 15.5. The van der Waals surface area contributed by atoms with Crippen LogP contribution < -0.4 is 15.0 Å². The fourth-order valence-corrected chi connectivity index (χ4v) is 3.07. The van der Waals surface area contributed by atoms with Gasteiger partial charge in [0, 0.05) is 0 Å². The first-order chi connectivity index (χ1) is 12.5. The number of nitrogens with one attached hydrogen (secondary N) is 1. The second-order valence-corrected chi connectivity index (χ2v) is 6.76. The first-order valence-electron chi connectivity index (χ1n) is 8.69. The van der Waals surface area contributed by atoms with Crippen molar-refractivity contribution in [3.8, 4) is 5.75 Å². The predicted molar refractivity (Wildman–Crippen MR) is 109 cm³/mol. The molecule has 0 saturated carbocycles. The standard InChI is InChI=1S/C21H22N2O2S/c1-4-25-18-11-9-17(10-12-18)23-20(24)19(22-21(23)26)13-15-5-7-16(8-6-15)14(2)3/h5-14H,4H2,1-3H3,(H,22,26)/b19-13-.